The molecule has 7 heteroatoms. The second-order valence-corrected chi connectivity index (χ2v) is 7.22. The van der Waals surface area contributed by atoms with Crippen molar-refractivity contribution < 1.29 is 14.0 Å². The van der Waals surface area contributed by atoms with Crippen molar-refractivity contribution in [2.45, 2.75) is 24.6 Å². The van der Waals surface area contributed by atoms with Crippen LogP contribution in [0.3, 0.4) is 0 Å². The molecule has 1 saturated heterocycles. The van der Waals surface area contributed by atoms with Gasteiger partial charge in [-0.3, -0.25) is 5.09 Å². The van der Waals surface area contributed by atoms with E-state index in [1.165, 1.54) is 0 Å². The van der Waals surface area contributed by atoms with E-state index in [0.29, 0.717) is 6.61 Å². The molecule has 0 aromatic heterocycles. The van der Waals surface area contributed by atoms with Crippen LogP contribution < -0.4 is 5.09 Å². The predicted molar refractivity (Wildman–Crippen MR) is 62.7 cm³/mol. The van der Waals surface area contributed by atoms with Crippen LogP contribution in [0.2, 0.25) is 0 Å². The number of methoxy groups -OCH3 is 1. The first-order valence-corrected chi connectivity index (χ1v) is 7.49. The molecule has 0 aromatic rings. The first-order valence-electron chi connectivity index (χ1n) is 4.89. The normalized spacial score (nSPS) is 36.9. The van der Waals surface area contributed by atoms with Crippen molar-refractivity contribution >= 4 is 22.6 Å². The third-order valence-electron chi connectivity index (χ3n) is 2.25. The summed E-state index contributed by atoms with van der Waals surface area (Å²) in [6.07, 6.45) is 0.933. The van der Waals surface area contributed by atoms with Gasteiger partial charge < -0.3 is 14.0 Å². The summed E-state index contributed by atoms with van der Waals surface area (Å²) in [5, 5.41) is 3.13. The average molecular weight is 217 g/mol. The lowest BCUT2D eigenvalue weighted by Gasteiger charge is -2.21. The summed E-state index contributed by atoms with van der Waals surface area (Å²) in [5.41, 5.74) is 0. The fraction of sp³-hybridized carbons (Fsp3) is 1.00. The molecule has 1 N–H and O–H groups in total. The van der Waals surface area contributed by atoms with Crippen LogP contribution in [0.5, 0.6) is 0 Å². The number of nitrogens with one attached hydrogen (secondary N) is 1. The van der Waals surface area contributed by atoms with E-state index in [4.69, 9.17) is 9.47 Å². The van der Waals surface area contributed by atoms with Gasteiger partial charge in [-0.05, 0) is 13.1 Å². The molecule has 0 spiro atoms. The molecular weight excluding hydrogens is 199 g/mol. The molecule has 1 heterocycles. The van der Waals surface area contributed by atoms with E-state index in [2.05, 4.69) is 5.09 Å². The van der Waals surface area contributed by atoms with Crippen LogP contribution in [0, 0.1) is 0 Å². The standard InChI is InChI=1S/C7H18B2NO3P/c1-12-4-6-5(3-7(8)13-6)10-14(2,9)11/h5-7H,3-4,8-9H2,1-2H3,(H,10,11)/t5-,6-,7-,14?/m1/s1. The Labute approximate surface area is 87.3 Å². The van der Waals surface area contributed by atoms with E-state index >= 15 is 0 Å². The molecule has 1 fully saturated rings. The number of hydrogen-bond acceptors (Lipinski definition) is 3. The van der Waals surface area contributed by atoms with Gasteiger partial charge in [0, 0.05) is 19.2 Å². The highest BCUT2D eigenvalue weighted by molar-refractivity contribution is 7.85. The molecule has 0 aliphatic carbocycles. The highest BCUT2D eigenvalue weighted by Gasteiger charge is 2.34. The van der Waals surface area contributed by atoms with Crippen molar-refractivity contribution in [3.8, 4) is 0 Å². The highest BCUT2D eigenvalue weighted by Crippen LogP contribution is 2.33. The summed E-state index contributed by atoms with van der Waals surface area (Å²) in [6, 6.07) is 0.380. The number of hydrogen-bond donors (Lipinski definition) is 1. The lowest BCUT2D eigenvalue weighted by atomic mass is 9.95. The van der Waals surface area contributed by atoms with E-state index in [0.717, 1.165) is 6.42 Å². The van der Waals surface area contributed by atoms with Crippen molar-refractivity contribution in [1.82, 2.24) is 5.09 Å². The molecule has 1 aliphatic heterocycles. The first-order chi connectivity index (χ1) is 6.42. The molecule has 0 bridgehead atoms. The Bertz CT molecular complexity index is 235. The van der Waals surface area contributed by atoms with E-state index < -0.39 is 7.17 Å². The van der Waals surface area contributed by atoms with E-state index in [-0.39, 0.29) is 18.1 Å². The van der Waals surface area contributed by atoms with Gasteiger partial charge >= 0.3 is 0 Å². The Hall–Kier alpha value is 0.240. The van der Waals surface area contributed by atoms with Gasteiger partial charge in [0.1, 0.15) is 7.85 Å². The summed E-state index contributed by atoms with van der Waals surface area (Å²) < 4.78 is 22.3. The molecule has 0 aromatic carbocycles. The van der Waals surface area contributed by atoms with Crippen molar-refractivity contribution in [3.05, 3.63) is 0 Å². The van der Waals surface area contributed by atoms with E-state index in [9.17, 15) is 4.57 Å². The predicted octanol–water partition coefficient (Wildman–Crippen LogP) is -1.20. The summed E-state index contributed by atoms with van der Waals surface area (Å²) in [5.74, 6) is 0. The van der Waals surface area contributed by atoms with Crippen LogP contribution in [0.25, 0.3) is 0 Å². The van der Waals surface area contributed by atoms with Gasteiger partial charge in [-0.2, -0.15) is 0 Å². The molecule has 0 amide bonds. The first kappa shape index (κ1) is 12.3. The molecular formula is C7H18B2NO3P. The lowest BCUT2D eigenvalue weighted by Crippen LogP contribution is -2.36. The zero-order chi connectivity index (χ0) is 10.8. The smallest absolute Gasteiger partial charge is 0.200 e. The van der Waals surface area contributed by atoms with Gasteiger partial charge in [0.15, 0.2) is 0 Å². The summed E-state index contributed by atoms with van der Waals surface area (Å²) in [4.78, 5) is 0. The fourth-order valence-electron chi connectivity index (χ4n) is 1.81. The molecule has 1 aliphatic rings. The molecule has 0 radical (unpaired) electrons. The van der Waals surface area contributed by atoms with Crippen LogP contribution in [0.1, 0.15) is 6.42 Å². The number of ether oxygens (including phenoxy) is 2. The Morgan fingerprint density at radius 1 is 1.71 bits per heavy atom. The molecule has 80 valence electrons. The van der Waals surface area contributed by atoms with Crippen LogP contribution in [-0.2, 0) is 14.0 Å². The maximum Gasteiger partial charge on any atom is 0.200 e. The minimum Gasteiger partial charge on any atom is -0.382 e. The van der Waals surface area contributed by atoms with E-state index in [1.54, 1.807) is 21.3 Å². The maximum absolute atomic E-state index is 11.6. The third-order valence-corrected chi connectivity index (χ3v) is 3.20. The largest absolute Gasteiger partial charge is 0.382 e. The molecule has 0 saturated carbocycles. The van der Waals surface area contributed by atoms with Gasteiger partial charge in [0.2, 0.25) is 7.57 Å². The fourth-order valence-corrected chi connectivity index (χ4v) is 2.88. The Kier molecular flexibility index (Phi) is 4.26. The number of rotatable bonds is 4. The van der Waals surface area contributed by atoms with E-state index in [1.807, 2.05) is 7.85 Å². The van der Waals surface area contributed by atoms with Crippen molar-refractivity contribution in [2.75, 3.05) is 20.4 Å². The Morgan fingerprint density at radius 2 is 2.36 bits per heavy atom. The summed E-state index contributed by atoms with van der Waals surface area (Å²) in [6.45, 7) is 2.29. The van der Waals surface area contributed by atoms with Gasteiger partial charge in [-0.15, -0.1) is 0 Å². The minimum absolute atomic E-state index is 0.0308. The summed E-state index contributed by atoms with van der Waals surface area (Å²) in [7, 11) is 3.23. The molecule has 14 heavy (non-hydrogen) atoms. The molecule has 1 rings (SSSR count). The van der Waals surface area contributed by atoms with Gasteiger partial charge in [0.25, 0.3) is 0 Å². The van der Waals surface area contributed by atoms with Gasteiger partial charge in [0.05, 0.1) is 19.9 Å². The van der Waals surface area contributed by atoms with Crippen molar-refractivity contribution in [1.29, 1.82) is 0 Å². The lowest BCUT2D eigenvalue weighted by molar-refractivity contribution is 0.0184. The molecule has 4 nitrogen and oxygen atoms in total. The topological polar surface area (TPSA) is 47.6 Å². The zero-order valence-corrected chi connectivity index (χ0v) is 10.2. The van der Waals surface area contributed by atoms with Crippen LogP contribution in [0.4, 0.5) is 0 Å². The second kappa shape index (κ2) is 4.84. The molecule has 4 atom stereocenters. The quantitative estimate of drug-likeness (QED) is 0.474. The summed E-state index contributed by atoms with van der Waals surface area (Å²) >= 11 is 0. The minimum atomic E-state index is -2.19. The zero-order valence-electron chi connectivity index (χ0n) is 9.32. The van der Waals surface area contributed by atoms with Crippen LogP contribution in [-0.4, -0.2) is 53.9 Å². The monoisotopic (exact) mass is 217 g/mol. The van der Waals surface area contributed by atoms with Crippen LogP contribution in [0.15, 0.2) is 0 Å². The SMILES string of the molecule is B[C@H]1C[C@@H](NP(B)(C)=O)[C@@H](COC)O1. The second-order valence-electron chi connectivity index (χ2n) is 4.26. The van der Waals surface area contributed by atoms with Crippen LogP contribution >= 0.6 is 7.17 Å². The van der Waals surface area contributed by atoms with Gasteiger partial charge in [-0.25, -0.2) is 0 Å². The van der Waals surface area contributed by atoms with Gasteiger partial charge in [-0.1, -0.05) is 0 Å². The third kappa shape index (κ3) is 3.77. The van der Waals surface area contributed by atoms with Crippen molar-refractivity contribution in [2.24, 2.45) is 0 Å². The highest BCUT2D eigenvalue weighted by atomic mass is 31.2. The van der Waals surface area contributed by atoms with Crippen molar-refractivity contribution in [3.63, 3.8) is 0 Å². The average Bonchev–Trinajstić information content (AvgIpc) is 2.28. The molecule has 1 unspecified atom stereocenters. The Morgan fingerprint density at radius 3 is 2.86 bits per heavy atom. The Balaban J connectivity index is 2.53. The maximum atomic E-state index is 11.6.